The molecule has 1 aromatic heterocycles. The monoisotopic (exact) mass is 567 g/mol. The molecular weight excluding hydrogens is 537 g/mol. The highest BCUT2D eigenvalue weighted by atomic mass is 35.5. The van der Waals surface area contributed by atoms with Gasteiger partial charge < -0.3 is 19.4 Å². The summed E-state index contributed by atoms with van der Waals surface area (Å²) in [6.07, 6.45) is 2.88. The quantitative estimate of drug-likeness (QED) is 0.203. The summed E-state index contributed by atoms with van der Waals surface area (Å²) in [5, 5.41) is 4.08. The number of hydrogen-bond acceptors (Lipinski definition) is 6. The minimum absolute atomic E-state index is 0.0160. The number of fused-ring (bicyclic) bond motifs is 4. The van der Waals surface area contributed by atoms with Crippen molar-refractivity contribution in [1.29, 1.82) is 0 Å². The van der Waals surface area contributed by atoms with Gasteiger partial charge in [0.1, 0.15) is 18.1 Å². The third-order valence-electron chi connectivity index (χ3n) is 8.30. The minimum Gasteiger partial charge on any atom is -0.449 e. The van der Waals surface area contributed by atoms with Crippen LogP contribution in [0.25, 0.3) is 28.1 Å². The number of aromatic nitrogens is 2. The van der Waals surface area contributed by atoms with Gasteiger partial charge in [-0.2, -0.15) is 0 Å². The number of nitrogens with one attached hydrogen (secondary N) is 1. The van der Waals surface area contributed by atoms with Crippen LogP contribution in [0.4, 0.5) is 4.79 Å². The van der Waals surface area contributed by atoms with E-state index < -0.39 is 24.4 Å². The van der Waals surface area contributed by atoms with Crippen LogP contribution in [0.3, 0.4) is 0 Å². The molecule has 0 atom stereocenters. The van der Waals surface area contributed by atoms with Gasteiger partial charge in [0.05, 0.1) is 16.7 Å². The minimum atomic E-state index is -0.654. The highest BCUT2D eigenvalue weighted by molar-refractivity contribution is 6.56. The zero-order valence-corrected chi connectivity index (χ0v) is 24.2. The lowest BCUT2D eigenvalue weighted by Crippen LogP contribution is -2.41. The van der Waals surface area contributed by atoms with Crippen LogP contribution in [0.2, 0.25) is 5.15 Å². The molecule has 0 unspecified atom stereocenters. The smallest absolute Gasteiger partial charge is 0.449 e. The number of ether oxygens (including phenoxy) is 1. The maximum atomic E-state index is 13.0. The Labute approximate surface area is 245 Å². The Kier molecular flexibility index (Phi) is 7.10. The molecule has 1 saturated heterocycles. The fourth-order valence-corrected chi connectivity index (χ4v) is 5.57. The van der Waals surface area contributed by atoms with Crippen molar-refractivity contribution >= 4 is 41.8 Å². The number of amides is 1. The molecule has 9 heteroatoms. The van der Waals surface area contributed by atoms with Crippen LogP contribution in [0.15, 0.2) is 78.5 Å². The topological polar surface area (TPSA) is 82.6 Å². The predicted octanol–water partition coefficient (Wildman–Crippen LogP) is 6.84. The lowest BCUT2D eigenvalue weighted by molar-refractivity contribution is 0.00578. The zero-order valence-electron chi connectivity index (χ0n) is 23.5. The fourth-order valence-electron chi connectivity index (χ4n) is 5.37. The van der Waals surface area contributed by atoms with Crippen molar-refractivity contribution in [1.82, 2.24) is 15.3 Å². The van der Waals surface area contributed by atoms with E-state index in [9.17, 15) is 4.79 Å². The van der Waals surface area contributed by atoms with Gasteiger partial charge in [-0.15, -0.1) is 0 Å². The third kappa shape index (κ3) is 5.23. The molecule has 4 aromatic rings. The van der Waals surface area contributed by atoms with Crippen molar-refractivity contribution in [3.05, 3.63) is 100 Å². The summed E-state index contributed by atoms with van der Waals surface area (Å²) in [6.45, 7) is 8.41. The van der Waals surface area contributed by atoms with Crippen LogP contribution in [-0.4, -0.2) is 47.5 Å². The highest BCUT2D eigenvalue weighted by Crippen LogP contribution is 2.44. The van der Waals surface area contributed by atoms with E-state index in [2.05, 4.69) is 39.6 Å². The molecule has 41 heavy (non-hydrogen) atoms. The summed E-state index contributed by atoms with van der Waals surface area (Å²) < 4.78 is 18.4. The Balaban J connectivity index is 1.20. The van der Waals surface area contributed by atoms with Gasteiger partial charge in [0.2, 0.25) is 0 Å². The molecule has 6 rings (SSSR count). The van der Waals surface area contributed by atoms with Crippen LogP contribution in [-0.2, 0) is 14.0 Å². The molecular formula is C32H31BClN3O4. The van der Waals surface area contributed by atoms with Crippen LogP contribution < -0.4 is 5.32 Å². The van der Waals surface area contributed by atoms with Crippen LogP contribution in [0.5, 0.6) is 0 Å². The summed E-state index contributed by atoms with van der Waals surface area (Å²) in [7, 11) is -0.654. The number of nitrogens with zero attached hydrogens (tertiary/aromatic N) is 2. The SMILES string of the molecule is CC1(C)OB(C(=Cc2ccc3c(Cl)ncnc3c2)CNC(=O)OCC2c3ccccc3-c3ccccc32)OC1(C)C. The van der Waals surface area contributed by atoms with Gasteiger partial charge in [-0.3, -0.25) is 0 Å². The summed E-state index contributed by atoms with van der Waals surface area (Å²) in [6, 6.07) is 22.3. The van der Waals surface area contributed by atoms with E-state index in [1.807, 2.05) is 76.2 Å². The number of rotatable bonds is 6. The maximum absolute atomic E-state index is 13.0. The van der Waals surface area contributed by atoms with Gasteiger partial charge in [0.15, 0.2) is 0 Å². The fraction of sp³-hybridized carbons (Fsp3) is 0.281. The van der Waals surface area contributed by atoms with Crippen molar-refractivity contribution in [2.45, 2.75) is 44.8 Å². The first-order valence-electron chi connectivity index (χ1n) is 13.7. The molecule has 1 amide bonds. The number of carbonyl (C=O) groups is 1. The second-order valence-electron chi connectivity index (χ2n) is 11.4. The first-order chi connectivity index (χ1) is 19.6. The summed E-state index contributed by atoms with van der Waals surface area (Å²) in [4.78, 5) is 21.4. The van der Waals surface area contributed by atoms with E-state index in [1.165, 1.54) is 28.6 Å². The van der Waals surface area contributed by atoms with Gasteiger partial charge in [-0.25, -0.2) is 14.8 Å². The summed E-state index contributed by atoms with van der Waals surface area (Å²) >= 11 is 6.23. The molecule has 3 aromatic carbocycles. The summed E-state index contributed by atoms with van der Waals surface area (Å²) in [5.74, 6) is -0.0160. The number of halogens is 1. The van der Waals surface area contributed by atoms with E-state index >= 15 is 0 Å². The molecule has 0 bridgehead atoms. The first kappa shape index (κ1) is 27.5. The molecule has 1 N–H and O–H groups in total. The van der Waals surface area contributed by atoms with Gasteiger partial charge >= 0.3 is 13.2 Å². The summed E-state index contributed by atoms with van der Waals surface area (Å²) in [5.41, 5.74) is 5.96. The Bertz CT molecular complexity index is 1610. The van der Waals surface area contributed by atoms with E-state index in [0.29, 0.717) is 5.15 Å². The van der Waals surface area contributed by atoms with Crippen LogP contribution in [0, 0.1) is 0 Å². The molecule has 7 nitrogen and oxygen atoms in total. The van der Waals surface area contributed by atoms with E-state index in [0.717, 1.165) is 21.9 Å². The average molecular weight is 568 g/mol. The van der Waals surface area contributed by atoms with Gasteiger partial charge in [0, 0.05) is 17.8 Å². The van der Waals surface area contributed by atoms with Crippen LogP contribution in [0.1, 0.15) is 50.3 Å². The van der Waals surface area contributed by atoms with Crippen molar-refractivity contribution in [2.75, 3.05) is 13.2 Å². The Hall–Kier alpha value is -3.72. The standard InChI is InChI=1S/C32H31BClN3O4/c1-31(2)32(3,4)41-33(40-31)21(15-20-13-14-26-28(16-20)36-19-37-29(26)34)17-35-30(38)39-18-27-24-11-7-5-9-22(24)23-10-6-8-12-25(23)27/h5-16,19,27H,17-18H2,1-4H3,(H,35,38). The second kappa shape index (κ2) is 10.6. The molecule has 2 heterocycles. The normalized spacial score (nSPS) is 17.4. The molecule has 0 radical (unpaired) electrons. The number of alkyl carbamates (subject to hydrolysis) is 1. The van der Waals surface area contributed by atoms with Crippen LogP contribution >= 0.6 is 11.6 Å². The Morgan fingerprint density at radius 2 is 1.61 bits per heavy atom. The largest absolute Gasteiger partial charge is 0.492 e. The lowest BCUT2D eigenvalue weighted by atomic mass is 9.77. The molecule has 208 valence electrons. The third-order valence-corrected chi connectivity index (χ3v) is 8.60. The zero-order chi connectivity index (χ0) is 28.8. The van der Waals surface area contributed by atoms with E-state index in [-0.39, 0.29) is 19.1 Å². The van der Waals surface area contributed by atoms with Gasteiger partial charge in [-0.1, -0.05) is 72.3 Å². The first-order valence-corrected chi connectivity index (χ1v) is 14.1. The highest BCUT2D eigenvalue weighted by Gasteiger charge is 2.52. The van der Waals surface area contributed by atoms with Crippen molar-refractivity contribution in [2.24, 2.45) is 0 Å². The maximum Gasteiger partial charge on any atom is 0.492 e. The number of carbonyl (C=O) groups excluding carboxylic acids is 1. The molecule has 1 fully saturated rings. The Morgan fingerprint density at radius 1 is 0.976 bits per heavy atom. The van der Waals surface area contributed by atoms with E-state index in [1.54, 1.807) is 0 Å². The Morgan fingerprint density at radius 3 is 2.27 bits per heavy atom. The van der Waals surface area contributed by atoms with Gasteiger partial charge in [0.25, 0.3) is 0 Å². The molecule has 0 spiro atoms. The number of hydrogen-bond donors (Lipinski definition) is 1. The molecule has 0 saturated carbocycles. The average Bonchev–Trinajstić information content (AvgIpc) is 3.38. The van der Waals surface area contributed by atoms with Crippen molar-refractivity contribution in [3.8, 4) is 11.1 Å². The van der Waals surface area contributed by atoms with Crippen molar-refractivity contribution < 1.29 is 18.8 Å². The molecule has 2 aliphatic rings. The van der Waals surface area contributed by atoms with Crippen molar-refractivity contribution in [3.63, 3.8) is 0 Å². The van der Waals surface area contributed by atoms with E-state index in [4.69, 9.17) is 25.6 Å². The lowest BCUT2D eigenvalue weighted by Gasteiger charge is -2.32. The predicted molar refractivity (Wildman–Crippen MR) is 162 cm³/mol. The molecule has 1 aliphatic heterocycles. The van der Waals surface area contributed by atoms with Gasteiger partial charge in [-0.05, 0) is 73.1 Å². The number of benzene rings is 3. The second-order valence-corrected chi connectivity index (χ2v) is 11.8. The molecule has 1 aliphatic carbocycles.